The summed E-state index contributed by atoms with van der Waals surface area (Å²) in [6, 6.07) is 0. The van der Waals surface area contributed by atoms with Gasteiger partial charge >= 0.3 is 0 Å². The second kappa shape index (κ2) is 4.45. The summed E-state index contributed by atoms with van der Waals surface area (Å²) in [6.07, 6.45) is 2.40. The first-order valence-electron chi connectivity index (χ1n) is 4.50. The lowest BCUT2D eigenvalue weighted by Gasteiger charge is -2.33. The zero-order valence-corrected chi connectivity index (χ0v) is 8.42. The number of hydrogen-bond donors (Lipinski definition) is 1. The van der Waals surface area contributed by atoms with Crippen LogP contribution in [0.3, 0.4) is 0 Å². The van der Waals surface area contributed by atoms with Crippen LogP contribution in [0.5, 0.6) is 0 Å². The summed E-state index contributed by atoms with van der Waals surface area (Å²) >= 11 is 6.01. The third kappa shape index (κ3) is 2.35. The third-order valence-electron chi connectivity index (χ3n) is 2.80. The van der Waals surface area contributed by atoms with E-state index in [0.29, 0.717) is 5.92 Å². The molecular weight excluding hydrogens is 176 g/mol. The van der Waals surface area contributed by atoms with Crippen molar-refractivity contribution in [2.75, 3.05) is 7.11 Å². The summed E-state index contributed by atoms with van der Waals surface area (Å²) in [5.74, 6) is 0.737. The molecular formula is C9H17ClO2. The van der Waals surface area contributed by atoms with Crippen LogP contribution in [0.25, 0.3) is 0 Å². The lowest BCUT2D eigenvalue weighted by molar-refractivity contribution is -0.132. The molecule has 0 amide bonds. The molecule has 72 valence electrons. The summed E-state index contributed by atoms with van der Waals surface area (Å²) in [5, 5.41) is 9.71. The number of aliphatic hydroxyl groups is 1. The summed E-state index contributed by atoms with van der Waals surface area (Å²) in [4.78, 5) is 0. The van der Waals surface area contributed by atoms with Crippen molar-refractivity contribution < 1.29 is 9.84 Å². The quantitative estimate of drug-likeness (QED) is 0.536. The largest absolute Gasteiger partial charge is 0.368 e. The van der Waals surface area contributed by atoms with Gasteiger partial charge in [0.15, 0.2) is 6.29 Å². The molecule has 1 fully saturated rings. The van der Waals surface area contributed by atoms with Gasteiger partial charge < -0.3 is 9.84 Å². The second-order valence-corrected chi connectivity index (χ2v) is 4.29. The van der Waals surface area contributed by atoms with Crippen molar-refractivity contribution in [3.05, 3.63) is 0 Å². The normalized spacial score (nSPS) is 39.5. The molecule has 1 saturated carbocycles. The monoisotopic (exact) mass is 192 g/mol. The Bertz CT molecular complexity index is 136. The molecule has 1 N–H and O–H groups in total. The minimum atomic E-state index is -0.637. The molecule has 12 heavy (non-hydrogen) atoms. The van der Waals surface area contributed by atoms with Crippen LogP contribution in [-0.4, -0.2) is 23.9 Å². The summed E-state index contributed by atoms with van der Waals surface area (Å²) < 4.78 is 4.91. The van der Waals surface area contributed by atoms with Gasteiger partial charge in [-0.2, -0.15) is 0 Å². The standard InChI is InChI=1S/C9H17ClO2/c1-6-3-4-7(10)5-8(6)9(11)12-2/h6-9,11H,3-5H2,1-2H3/t6-,7?,8?,9?/m1/s1. The van der Waals surface area contributed by atoms with E-state index in [2.05, 4.69) is 6.92 Å². The van der Waals surface area contributed by atoms with Crippen molar-refractivity contribution in [1.82, 2.24) is 0 Å². The first-order valence-corrected chi connectivity index (χ1v) is 4.93. The van der Waals surface area contributed by atoms with Crippen LogP contribution in [0, 0.1) is 11.8 Å². The van der Waals surface area contributed by atoms with Gasteiger partial charge in [-0.05, 0) is 25.2 Å². The highest BCUT2D eigenvalue weighted by Crippen LogP contribution is 2.34. The lowest BCUT2D eigenvalue weighted by atomic mass is 9.80. The Morgan fingerprint density at radius 3 is 2.75 bits per heavy atom. The van der Waals surface area contributed by atoms with Gasteiger partial charge in [0.1, 0.15) is 0 Å². The molecule has 0 heterocycles. The molecule has 3 heteroatoms. The molecule has 0 radical (unpaired) electrons. The van der Waals surface area contributed by atoms with Crippen LogP contribution in [0.2, 0.25) is 0 Å². The van der Waals surface area contributed by atoms with Crippen LogP contribution in [0.1, 0.15) is 26.2 Å². The highest BCUT2D eigenvalue weighted by atomic mass is 35.5. The number of methoxy groups -OCH3 is 1. The van der Waals surface area contributed by atoms with E-state index in [1.165, 1.54) is 7.11 Å². The maximum atomic E-state index is 9.49. The minimum absolute atomic E-state index is 0.214. The van der Waals surface area contributed by atoms with E-state index in [9.17, 15) is 5.11 Å². The Labute approximate surface area is 78.9 Å². The molecule has 0 spiro atoms. The first kappa shape index (κ1) is 10.3. The second-order valence-electron chi connectivity index (χ2n) is 3.68. The van der Waals surface area contributed by atoms with Crippen LogP contribution in [0.15, 0.2) is 0 Å². The van der Waals surface area contributed by atoms with Crippen LogP contribution < -0.4 is 0 Å². The average Bonchev–Trinajstić information content (AvgIpc) is 2.08. The lowest BCUT2D eigenvalue weighted by Crippen LogP contribution is -2.33. The first-order chi connectivity index (χ1) is 5.65. The number of ether oxygens (including phenoxy) is 1. The van der Waals surface area contributed by atoms with Gasteiger partial charge in [0.25, 0.3) is 0 Å². The zero-order chi connectivity index (χ0) is 9.14. The number of alkyl halides is 1. The van der Waals surface area contributed by atoms with Crippen molar-refractivity contribution in [1.29, 1.82) is 0 Å². The van der Waals surface area contributed by atoms with Crippen molar-refractivity contribution in [2.45, 2.75) is 37.9 Å². The molecule has 3 unspecified atom stereocenters. The van der Waals surface area contributed by atoms with Crippen LogP contribution in [-0.2, 0) is 4.74 Å². The highest BCUT2D eigenvalue weighted by molar-refractivity contribution is 6.20. The Kier molecular flexibility index (Phi) is 3.81. The molecule has 1 aliphatic carbocycles. The predicted molar refractivity (Wildman–Crippen MR) is 49.2 cm³/mol. The molecule has 0 aromatic heterocycles. The van der Waals surface area contributed by atoms with Gasteiger partial charge in [-0.1, -0.05) is 6.92 Å². The minimum Gasteiger partial charge on any atom is -0.368 e. The maximum Gasteiger partial charge on any atom is 0.157 e. The number of aliphatic hydroxyl groups excluding tert-OH is 1. The maximum absolute atomic E-state index is 9.49. The van der Waals surface area contributed by atoms with E-state index < -0.39 is 6.29 Å². The van der Waals surface area contributed by atoms with Crippen molar-refractivity contribution in [3.63, 3.8) is 0 Å². The van der Waals surface area contributed by atoms with Gasteiger partial charge in [0, 0.05) is 18.4 Å². The van der Waals surface area contributed by atoms with Crippen molar-refractivity contribution in [3.8, 4) is 0 Å². The Morgan fingerprint density at radius 1 is 1.50 bits per heavy atom. The topological polar surface area (TPSA) is 29.5 Å². The highest BCUT2D eigenvalue weighted by Gasteiger charge is 2.31. The fourth-order valence-corrected chi connectivity index (χ4v) is 2.21. The number of rotatable bonds is 2. The van der Waals surface area contributed by atoms with Gasteiger partial charge in [-0.3, -0.25) is 0 Å². The zero-order valence-electron chi connectivity index (χ0n) is 7.66. The van der Waals surface area contributed by atoms with Gasteiger partial charge in [-0.15, -0.1) is 11.6 Å². The Hall–Kier alpha value is 0.210. The van der Waals surface area contributed by atoms with E-state index in [0.717, 1.165) is 19.3 Å². The van der Waals surface area contributed by atoms with E-state index in [1.54, 1.807) is 0 Å². The molecule has 1 aliphatic rings. The van der Waals surface area contributed by atoms with Crippen molar-refractivity contribution in [2.24, 2.45) is 11.8 Å². The van der Waals surface area contributed by atoms with Crippen LogP contribution in [0.4, 0.5) is 0 Å². The van der Waals surface area contributed by atoms with Gasteiger partial charge in [0.2, 0.25) is 0 Å². The average molecular weight is 193 g/mol. The fraction of sp³-hybridized carbons (Fsp3) is 1.00. The molecule has 1 rings (SSSR count). The van der Waals surface area contributed by atoms with E-state index in [1.807, 2.05) is 0 Å². The number of halogens is 1. The smallest absolute Gasteiger partial charge is 0.157 e. The molecule has 2 nitrogen and oxygen atoms in total. The third-order valence-corrected chi connectivity index (χ3v) is 3.20. The molecule has 0 aromatic carbocycles. The van der Waals surface area contributed by atoms with E-state index in [-0.39, 0.29) is 11.3 Å². The Balaban J connectivity index is 2.48. The summed E-state index contributed by atoms with van der Waals surface area (Å²) in [5.41, 5.74) is 0. The molecule has 0 aliphatic heterocycles. The van der Waals surface area contributed by atoms with Crippen LogP contribution >= 0.6 is 11.6 Å². The summed E-state index contributed by atoms with van der Waals surface area (Å²) in [6.45, 7) is 2.15. The summed E-state index contributed by atoms with van der Waals surface area (Å²) in [7, 11) is 1.54. The van der Waals surface area contributed by atoms with E-state index >= 15 is 0 Å². The fourth-order valence-electron chi connectivity index (χ4n) is 1.88. The van der Waals surface area contributed by atoms with Gasteiger partial charge in [0.05, 0.1) is 0 Å². The molecule has 0 aromatic rings. The van der Waals surface area contributed by atoms with Crippen molar-refractivity contribution >= 4 is 11.6 Å². The Morgan fingerprint density at radius 2 is 2.17 bits per heavy atom. The van der Waals surface area contributed by atoms with Gasteiger partial charge in [-0.25, -0.2) is 0 Å². The number of hydrogen-bond acceptors (Lipinski definition) is 2. The SMILES string of the molecule is COC(O)C1CC(Cl)CC[C@H]1C. The van der Waals surface area contributed by atoms with E-state index in [4.69, 9.17) is 16.3 Å². The molecule has 0 bridgehead atoms. The predicted octanol–water partition coefficient (Wildman–Crippen LogP) is 1.99. The molecule has 0 saturated heterocycles. The molecule has 4 atom stereocenters.